The van der Waals surface area contributed by atoms with E-state index in [4.69, 9.17) is 4.52 Å². The van der Waals surface area contributed by atoms with Crippen LogP contribution < -0.4 is 5.32 Å². The van der Waals surface area contributed by atoms with Gasteiger partial charge < -0.3 is 9.84 Å². The average Bonchev–Trinajstić information content (AvgIpc) is 3.09. The molecule has 2 heterocycles. The molecule has 0 unspecified atom stereocenters. The van der Waals surface area contributed by atoms with Crippen LogP contribution in [0.5, 0.6) is 0 Å². The molecule has 0 spiro atoms. The molecule has 1 atom stereocenters. The van der Waals surface area contributed by atoms with Crippen LogP contribution in [0, 0.1) is 6.92 Å². The first kappa shape index (κ1) is 17.3. The number of rotatable bonds is 5. The number of aryl methyl sites for hydroxylation is 1. The number of amides is 1. The van der Waals surface area contributed by atoms with E-state index in [1.807, 2.05) is 44.2 Å². The Kier molecular flexibility index (Phi) is 5.23. The second-order valence-corrected chi connectivity index (χ2v) is 6.48. The molecular formula is C18H17BrN4O2. The first-order chi connectivity index (χ1) is 12.1. The van der Waals surface area contributed by atoms with Crippen LogP contribution in [0.2, 0.25) is 0 Å². The minimum absolute atomic E-state index is 0.260. The molecule has 3 aromatic rings. The molecule has 128 valence electrons. The van der Waals surface area contributed by atoms with E-state index in [9.17, 15) is 4.79 Å². The number of aromatic nitrogens is 3. The molecule has 25 heavy (non-hydrogen) atoms. The molecule has 2 aromatic heterocycles. The lowest BCUT2D eigenvalue weighted by Gasteiger charge is -2.12. The quantitative estimate of drug-likeness (QED) is 0.697. The number of nitrogens with one attached hydrogen (secondary N) is 1. The standard InChI is InChI=1S/C18H17BrN4O2/c1-3-14(21-17(24)15-9-4-6-11(2)20-15)16-22-18(25-23-16)12-7-5-8-13(19)10-12/h4-10,14H,3H2,1-2H3,(H,21,24)/t14-/m0/s1. The van der Waals surface area contributed by atoms with Crippen molar-refractivity contribution in [2.45, 2.75) is 26.3 Å². The van der Waals surface area contributed by atoms with Crippen molar-refractivity contribution in [3.05, 3.63) is 64.1 Å². The fourth-order valence-electron chi connectivity index (χ4n) is 2.37. The van der Waals surface area contributed by atoms with Gasteiger partial charge >= 0.3 is 0 Å². The van der Waals surface area contributed by atoms with E-state index in [0.717, 1.165) is 15.7 Å². The highest BCUT2D eigenvalue weighted by Gasteiger charge is 2.21. The van der Waals surface area contributed by atoms with Crippen LogP contribution in [-0.2, 0) is 0 Å². The van der Waals surface area contributed by atoms with Gasteiger partial charge in [0.2, 0.25) is 0 Å². The van der Waals surface area contributed by atoms with E-state index in [-0.39, 0.29) is 11.9 Å². The summed E-state index contributed by atoms with van der Waals surface area (Å²) in [6.45, 7) is 3.79. The molecule has 1 aromatic carbocycles. The lowest BCUT2D eigenvalue weighted by molar-refractivity contribution is 0.0928. The molecule has 0 saturated carbocycles. The van der Waals surface area contributed by atoms with Crippen molar-refractivity contribution < 1.29 is 9.32 Å². The van der Waals surface area contributed by atoms with E-state index in [1.165, 1.54) is 0 Å². The van der Waals surface area contributed by atoms with Gasteiger partial charge in [-0.25, -0.2) is 4.98 Å². The summed E-state index contributed by atoms with van der Waals surface area (Å²) < 4.78 is 6.27. The van der Waals surface area contributed by atoms with Gasteiger partial charge in [0.05, 0.1) is 6.04 Å². The first-order valence-electron chi connectivity index (χ1n) is 7.91. The normalized spacial score (nSPS) is 12.0. The minimum atomic E-state index is -0.348. The van der Waals surface area contributed by atoms with E-state index >= 15 is 0 Å². The molecule has 0 aliphatic carbocycles. The molecule has 0 aliphatic heterocycles. The number of carbonyl (C=O) groups is 1. The molecule has 7 heteroatoms. The maximum absolute atomic E-state index is 12.4. The monoisotopic (exact) mass is 400 g/mol. The van der Waals surface area contributed by atoms with E-state index in [0.29, 0.717) is 23.8 Å². The van der Waals surface area contributed by atoms with Gasteiger partial charge in [0.1, 0.15) is 5.69 Å². The van der Waals surface area contributed by atoms with Gasteiger partial charge in [0, 0.05) is 15.7 Å². The number of hydrogen-bond acceptors (Lipinski definition) is 5. The highest BCUT2D eigenvalue weighted by molar-refractivity contribution is 9.10. The van der Waals surface area contributed by atoms with Crippen LogP contribution in [0.15, 0.2) is 51.5 Å². The number of pyridine rings is 1. The van der Waals surface area contributed by atoms with Crippen molar-refractivity contribution >= 4 is 21.8 Å². The summed E-state index contributed by atoms with van der Waals surface area (Å²) >= 11 is 3.42. The lowest BCUT2D eigenvalue weighted by Crippen LogP contribution is -2.29. The molecule has 0 bridgehead atoms. The Labute approximate surface area is 153 Å². The summed E-state index contributed by atoms with van der Waals surface area (Å²) in [5.41, 5.74) is 1.97. The average molecular weight is 401 g/mol. The van der Waals surface area contributed by atoms with Gasteiger partial charge in [-0.3, -0.25) is 4.79 Å². The molecule has 0 aliphatic rings. The zero-order valence-electron chi connectivity index (χ0n) is 13.9. The first-order valence-corrected chi connectivity index (χ1v) is 8.70. The van der Waals surface area contributed by atoms with E-state index < -0.39 is 0 Å². The highest BCUT2D eigenvalue weighted by atomic mass is 79.9. The third-order valence-electron chi connectivity index (χ3n) is 3.66. The summed E-state index contributed by atoms with van der Waals surface area (Å²) in [5, 5.41) is 6.93. The number of carbonyl (C=O) groups excluding carboxylic acids is 1. The molecular weight excluding hydrogens is 384 g/mol. The van der Waals surface area contributed by atoms with Crippen LogP contribution in [0.1, 0.15) is 41.4 Å². The molecule has 6 nitrogen and oxygen atoms in total. The Morgan fingerprint density at radius 3 is 2.76 bits per heavy atom. The molecule has 3 rings (SSSR count). The fourth-order valence-corrected chi connectivity index (χ4v) is 2.77. The predicted octanol–water partition coefficient (Wildman–Crippen LogP) is 4.08. The molecule has 1 amide bonds. The van der Waals surface area contributed by atoms with Crippen molar-refractivity contribution in [1.82, 2.24) is 20.4 Å². The number of hydrogen-bond donors (Lipinski definition) is 1. The van der Waals surface area contributed by atoms with Crippen LogP contribution in [-0.4, -0.2) is 21.0 Å². The van der Waals surface area contributed by atoms with Crippen LogP contribution in [0.4, 0.5) is 0 Å². The van der Waals surface area contributed by atoms with Gasteiger partial charge in [-0.05, 0) is 43.7 Å². The maximum Gasteiger partial charge on any atom is 0.270 e. The number of benzene rings is 1. The van der Waals surface area contributed by atoms with Crippen molar-refractivity contribution in [3.8, 4) is 11.5 Å². The molecule has 0 radical (unpaired) electrons. The van der Waals surface area contributed by atoms with Crippen molar-refractivity contribution in [2.24, 2.45) is 0 Å². The Bertz CT molecular complexity index is 894. The Hall–Kier alpha value is -2.54. The predicted molar refractivity (Wildman–Crippen MR) is 96.9 cm³/mol. The summed E-state index contributed by atoms with van der Waals surface area (Å²) in [5.74, 6) is 0.598. The summed E-state index contributed by atoms with van der Waals surface area (Å²) in [4.78, 5) is 21.1. The van der Waals surface area contributed by atoms with Crippen molar-refractivity contribution in [3.63, 3.8) is 0 Å². The van der Waals surface area contributed by atoms with Gasteiger partial charge in [-0.1, -0.05) is 40.1 Å². The van der Waals surface area contributed by atoms with Gasteiger partial charge in [0.15, 0.2) is 5.82 Å². The third kappa shape index (κ3) is 4.11. The smallest absolute Gasteiger partial charge is 0.270 e. The van der Waals surface area contributed by atoms with Crippen molar-refractivity contribution in [2.75, 3.05) is 0 Å². The summed E-state index contributed by atoms with van der Waals surface area (Å²) in [6.07, 6.45) is 0.634. The summed E-state index contributed by atoms with van der Waals surface area (Å²) in [7, 11) is 0. The second kappa shape index (κ2) is 7.57. The van der Waals surface area contributed by atoms with Crippen LogP contribution in [0.25, 0.3) is 11.5 Å². The largest absolute Gasteiger partial charge is 0.341 e. The van der Waals surface area contributed by atoms with Crippen LogP contribution >= 0.6 is 15.9 Å². The minimum Gasteiger partial charge on any atom is -0.341 e. The number of halogens is 1. The van der Waals surface area contributed by atoms with Crippen LogP contribution in [0.3, 0.4) is 0 Å². The van der Waals surface area contributed by atoms with Crippen molar-refractivity contribution in [1.29, 1.82) is 0 Å². The van der Waals surface area contributed by atoms with Gasteiger partial charge in [-0.15, -0.1) is 0 Å². The lowest BCUT2D eigenvalue weighted by atomic mass is 10.2. The number of nitrogens with zero attached hydrogens (tertiary/aromatic N) is 3. The highest BCUT2D eigenvalue weighted by Crippen LogP contribution is 2.23. The topological polar surface area (TPSA) is 80.9 Å². The zero-order chi connectivity index (χ0) is 17.8. The molecule has 1 N–H and O–H groups in total. The SMILES string of the molecule is CC[C@H](NC(=O)c1cccc(C)n1)c1noc(-c2cccc(Br)c2)n1. The summed E-state index contributed by atoms with van der Waals surface area (Å²) in [6, 6.07) is 12.6. The Morgan fingerprint density at radius 1 is 1.24 bits per heavy atom. The van der Waals surface area contributed by atoms with E-state index in [1.54, 1.807) is 12.1 Å². The maximum atomic E-state index is 12.4. The van der Waals surface area contributed by atoms with Gasteiger partial charge in [0.25, 0.3) is 11.8 Å². The van der Waals surface area contributed by atoms with E-state index in [2.05, 4.69) is 36.4 Å². The fraction of sp³-hybridized carbons (Fsp3) is 0.222. The zero-order valence-corrected chi connectivity index (χ0v) is 15.4. The Balaban J connectivity index is 1.78. The Morgan fingerprint density at radius 2 is 2.04 bits per heavy atom. The van der Waals surface area contributed by atoms with Gasteiger partial charge in [-0.2, -0.15) is 4.98 Å². The molecule has 0 saturated heterocycles. The third-order valence-corrected chi connectivity index (χ3v) is 4.15. The second-order valence-electron chi connectivity index (χ2n) is 5.57. The molecule has 0 fully saturated rings.